The fourth-order valence-corrected chi connectivity index (χ4v) is 4.16. The summed E-state index contributed by atoms with van der Waals surface area (Å²) in [7, 11) is 4.33. The molecule has 2 heteroatoms. The van der Waals surface area contributed by atoms with E-state index in [2.05, 4.69) is 74.2 Å². The van der Waals surface area contributed by atoms with Crippen molar-refractivity contribution in [1.29, 1.82) is 0 Å². The number of rotatable bonds is 7. The van der Waals surface area contributed by atoms with Crippen LogP contribution in [-0.4, -0.2) is 43.5 Å². The zero-order valence-electron chi connectivity index (χ0n) is 15.3. The third-order valence-electron chi connectivity index (χ3n) is 6.03. The van der Waals surface area contributed by atoms with Crippen molar-refractivity contribution in [1.82, 2.24) is 9.80 Å². The Bertz CT molecular complexity index is 544. The van der Waals surface area contributed by atoms with E-state index in [0.717, 1.165) is 38.0 Å². The van der Waals surface area contributed by atoms with E-state index in [-0.39, 0.29) is 0 Å². The van der Waals surface area contributed by atoms with Crippen LogP contribution in [-0.2, 0) is 6.54 Å². The standard InChI is InChI=1S/C21H32N2/c1-21(2)19-12-18(13-20(21)14-19)16-23(11-10-22(3)4)15-17-8-6-5-7-9-17/h5-9,12,19-20H,10-11,13-16H2,1-4H3. The van der Waals surface area contributed by atoms with Crippen molar-refractivity contribution in [3.63, 3.8) is 0 Å². The lowest BCUT2D eigenvalue weighted by atomic mass is 9.50. The average molecular weight is 313 g/mol. The Kier molecular flexibility index (Phi) is 4.93. The SMILES string of the molecule is CN(C)CCN(CC1=CC2CC(C1)C2(C)C)Cc1ccccc1. The van der Waals surface area contributed by atoms with Gasteiger partial charge in [-0.05, 0) is 49.8 Å². The molecule has 0 aromatic heterocycles. The molecule has 1 saturated carbocycles. The lowest BCUT2D eigenvalue weighted by Crippen LogP contribution is -2.47. The van der Waals surface area contributed by atoms with Gasteiger partial charge >= 0.3 is 0 Å². The summed E-state index contributed by atoms with van der Waals surface area (Å²) in [5, 5.41) is 0. The maximum atomic E-state index is 2.62. The summed E-state index contributed by atoms with van der Waals surface area (Å²) in [6.07, 6.45) is 5.34. The Hall–Kier alpha value is -1.12. The molecule has 2 unspecified atom stereocenters. The van der Waals surface area contributed by atoms with Gasteiger partial charge in [0, 0.05) is 26.2 Å². The van der Waals surface area contributed by atoms with Crippen LogP contribution in [0, 0.1) is 17.3 Å². The molecule has 2 atom stereocenters. The Morgan fingerprint density at radius 3 is 2.35 bits per heavy atom. The summed E-state index contributed by atoms with van der Waals surface area (Å²) in [5.74, 6) is 1.74. The van der Waals surface area contributed by atoms with Crippen molar-refractivity contribution in [2.45, 2.75) is 33.2 Å². The number of allylic oxidation sites excluding steroid dienone is 1. The van der Waals surface area contributed by atoms with Crippen LogP contribution in [0.25, 0.3) is 0 Å². The molecule has 2 nitrogen and oxygen atoms in total. The average Bonchev–Trinajstić information content (AvgIpc) is 2.53. The van der Waals surface area contributed by atoms with E-state index >= 15 is 0 Å². The van der Waals surface area contributed by atoms with E-state index in [1.807, 2.05) is 0 Å². The molecule has 2 bridgehead atoms. The molecular weight excluding hydrogens is 280 g/mol. The van der Waals surface area contributed by atoms with Crippen LogP contribution in [0.2, 0.25) is 0 Å². The predicted octanol–water partition coefficient (Wildman–Crippen LogP) is 4.04. The van der Waals surface area contributed by atoms with Crippen LogP contribution in [0.5, 0.6) is 0 Å². The molecule has 4 rings (SSSR count). The topological polar surface area (TPSA) is 6.48 Å². The first-order valence-electron chi connectivity index (χ1n) is 9.05. The zero-order chi connectivity index (χ0) is 16.4. The summed E-state index contributed by atoms with van der Waals surface area (Å²) >= 11 is 0. The summed E-state index contributed by atoms with van der Waals surface area (Å²) in [5.41, 5.74) is 3.66. The summed E-state index contributed by atoms with van der Waals surface area (Å²) in [6.45, 7) is 9.37. The highest BCUT2D eigenvalue weighted by molar-refractivity contribution is 5.23. The van der Waals surface area contributed by atoms with Crippen molar-refractivity contribution >= 4 is 0 Å². The minimum absolute atomic E-state index is 0.553. The second-order valence-corrected chi connectivity index (χ2v) is 8.39. The van der Waals surface area contributed by atoms with Gasteiger partial charge in [-0.3, -0.25) is 4.90 Å². The third kappa shape index (κ3) is 3.87. The minimum atomic E-state index is 0.553. The summed E-state index contributed by atoms with van der Waals surface area (Å²) < 4.78 is 0. The summed E-state index contributed by atoms with van der Waals surface area (Å²) in [4.78, 5) is 4.91. The van der Waals surface area contributed by atoms with Gasteiger partial charge in [-0.25, -0.2) is 0 Å². The number of likely N-dealkylation sites (N-methyl/N-ethyl adjacent to an activating group) is 1. The fraction of sp³-hybridized carbons (Fsp3) is 0.619. The van der Waals surface area contributed by atoms with E-state index in [9.17, 15) is 0 Å². The van der Waals surface area contributed by atoms with Crippen molar-refractivity contribution in [2.75, 3.05) is 33.7 Å². The quantitative estimate of drug-likeness (QED) is 0.701. The van der Waals surface area contributed by atoms with Gasteiger partial charge in [0.2, 0.25) is 0 Å². The van der Waals surface area contributed by atoms with Gasteiger partial charge < -0.3 is 4.90 Å². The summed E-state index contributed by atoms with van der Waals surface area (Å²) in [6, 6.07) is 10.9. The molecule has 0 aliphatic heterocycles. The van der Waals surface area contributed by atoms with Gasteiger partial charge in [0.25, 0.3) is 0 Å². The van der Waals surface area contributed by atoms with Crippen LogP contribution in [0.15, 0.2) is 42.0 Å². The molecule has 0 amide bonds. The van der Waals surface area contributed by atoms with Crippen molar-refractivity contribution < 1.29 is 0 Å². The minimum Gasteiger partial charge on any atom is -0.308 e. The maximum Gasteiger partial charge on any atom is 0.0237 e. The lowest BCUT2D eigenvalue weighted by Gasteiger charge is -2.55. The maximum absolute atomic E-state index is 2.62. The van der Waals surface area contributed by atoms with E-state index in [1.165, 1.54) is 18.4 Å². The third-order valence-corrected chi connectivity index (χ3v) is 6.03. The predicted molar refractivity (Wildman–Crippen MR) is 98.4 cm³/mol. The molecule has 0 saturated heterocycles. The molecular formula is C21H32N2. The molecule has 0 radical (unpaired) electrons. The van der Waals surface area contributed by atoms with Gasteiger partial charge in [-0.1, -0.05) is 55.8 Å². The lowest BCUT2D eigenvalue weighted by molar-refractivity contribution is -0.00297. The van der Waals surface area contributed by atoms with Crippen LogP contribution < -0.4 is 0 Å². The van der Waals surface area contributed by atoms with E-state index in [1.54, 1.807) is 5.57 Å². The van der Waals surface area contributed by atoms with E-state index in [0.29, 0.717) is 5.41 Å². The van der Waals surface area contributed by atoms with Crippen molar-refractivity contribution in [3.05, 3.63) is 47.5 Å². The van der Waals surface area contributed by atoms with Crippen LogP contribution >= 0.6 is 0 Å². The highest BCUT2D eigenvalue weighted by Gasteiger charge is 2.49. The smallest absolute Gasteiger partial charge is 0.0237 e. The molecule has 1 aromatic rings. The molecule has 0 N–H and O–H groups in total. The Morgan fingerprint density at radius 1 is 1.04 bits per heavy atom. The first-order valence-corrected chi connectivity index (χ1v) is 9.05. The van der Waals surface area contributed by atoms with Gasteiger partial charge in [0.05, 0.1) is 0 Å². The Labute approximate surface area is 142 Å². The van der Waals surface area contributed by atoms with Gasteiger partial charge in [-0.2, -0.15) is 0 Å². The van der Waals surface area contributed by atoms with Crippen LogP contribution in [0.4, 0.5) is 0 Å². The number of hydrogen-bond donors (Lipinski definition) is 0. The van der Waals surface area contributed by atoms with Crippen molar-refractivity contribution in [3.8, 4) is 0 Å². The highest BCUT2D eigenvalue weighted by atomic mass is 15.2. The van der Waals surface area contributed by atoms with Crippen LogP contribution in [0.1, 0.15) is 32.3 Å². The fourth-order valence-electron chi connectivity index (χ4n) is 4.16. The molecule has 23 heavy (non-hydrogen) atoms. The molecule has 0 spiro atoms. The Balaban J connectivity index is 1.64. The normalized spacial score (nSPS) is 25.4. The largest absolute Gasteiger partial charge is 0.308 e. The molecule has 1 aromatic carbocycles. The number of hydrogen-bond acceptors (Lipinski definition) is 2. The number of nitrogens with zero attached hydrogens (tertiary/aromatic N) is 2. The zero-order valence-corrected chi connectivity index (χ0v) is 15.3. The van der Waals surface area contributed by atoms with Crippen LogP contribution in [0.3, 0.4) is 0 Å². The van der Waals surface area contributed by atoms with Gasteiger partial charge in [0.1, 0.15) is 0 Å². The number of benzene rings is 1. The first kappa shape index (κ1) is 16.7. The second kappa shape index (κ2) is 6.78. The first-order chi connectivity index (χ1) is 10.9. The van der Waals surface area contributed by atoms with Gasteiger partial charge in [0.15, 0.2) is 0 Å². The van der Waals surface area contributed by atoms with E-state index in [4.69, 9.17) is 0 Å². The van der Waals surface area contributed by atoms with Crippen molar-refractivity contribution in [2.24, 2.45) is 17.3 Å². The number of fused-ring (bicyclic) bond motifs is 1. The molecule has 1 fully saturated rings. The second-order valence-electron chi connectivity index (χ2n) is 8.39. The molecule has 3 aliphatic carbocycles. The molecule has 126 valence electrons. The highest BCUT2D eigenvalue weighted by Crippen LogP contribution is 2.58. The molecule has 0 heterocycles. The Morgan fingerprint density at radius 2 is 1.78 bits per heavy atom. The molecule has 3 aliphatic rings. The monoisotopic (exact) mass is 312 g/mol. The van der Waals surface area contributed by atoms with E-state index < -0.39 is 0 Å². The van der Waals surface area contributed by atoms with Gasteiger partial charge in [-0.15, -0.1) is 0 Å².